The van der Waals surface area contributed by atoms with Crippen molar-refractivity contribution in [2.45, 2.75) is 0 Å². The molecule has 0 atom stereocenters. The van der Waals surface area contributed by atoms with Gasteiger partial charge < -0.3 is 14.3 Å². The molecule has 3 rings (SSSR count). The van der Waals surface area contributed by atoms with Crippen LogP contribution in [0.3, 0.4) is 0 Å². The van der Waals surface area contributed by atoms with Crippen LogP contribution in [0.1, 0.15) is 26.5 Å². The molecule has 1 aromatic heterocycles. The van der Waals surface area contributed by atoms with Crippen molar-refractivity contribution in [2.24, 2.45) is 0 Å². The number of aromatic carboxylic acids is 1. The van der Waals surface area contributed by atoms with Crippen molar-refractivity contribution in [1.82, 2.24) is 0 Å². The Morgan fingerprint density at radius 3 is 2.79 bits per heavy atom. The maximum absolute atomic E-state index is 12.1. The summed E-state index contributed by atoms with van der Waals surface area (Å²) in [6.07, 6.45) is 2.96. The number of carbonyl (C=O) groups is 2. The maximum Gasteiger partial charge on any atom is 0.335 e. The Morgan fingerprint density at radius 1 is 1.26 bits per heavy atom. The van der Waals surface area contributed by atoms with Crippen molar-refractivity contribution in [3.63, 3.8) is 0 Å². The molecule has 5 nitrogen and oxygen atoms in total. The Labute approximate surface area is 107 Å². The lowest BCUT2D eigenvalue weighted by Crippen LogP contribution is -2.00. The van der Waals surface area contributed by atoms with E-state index in [2.05, 4.69) is 0 Å². The van der Waals surface area contributed by atoms with Gasteiger partial charge in [0.05, 0.1) is 17.4 Å². The van der Waals surface area contributed by atoms with Crippen LogP contribution in [0.2, 0.25) is 0 Å². The van der Waals surface area contributed by atoms with Crippen LogP contribution in [-0.2, 0) is 0 Å². The summed E-state index contributed by atoms with van der Waals surface area (Å²) >= 11 is 0. The van der Waals surface area contributed by atoms with Crippen molar-refractivity contribution in [2.75, 3.05) is 0 Å². The van der Waals surface area contributed by atoms with E-state index in [9.17, 15) is 9.59 Å². The summed E-state index contributed by atoms with van der Waals surface area (Å²) in [5, 5.41) is 8.89. The Hall–Kier alpha value is -2.82. The molecule has 0 unspecified atom stereocenters. The normalized spacial score (nSPS) is 15.4. The maximum atomic E-state index is 12.1. The fourth-order valence-electron chi connectivity index (χ4n) is 1.82. The number of hydrogen-bond donors (Lipinski definition) is 1. The minimum atomic E-state index is -1.08. The molecule has 1 aliphatic rings. The third-order valence-electron chi connectivity index (χ3n) is 2.73. The van der Waals surface area contributed by atoms with E-state index in [1.54, 1.807) is 12.1 Å². The molecule has 2 heterocycles. The van der Waals surface area contributed by atoms with Gasteiger partial charge in [-0.1, -0.05) is 0 Å². The molecule has 0 bridgehead atoms. The Bertz CT molecular complexity index is 695. The minimum Gasteiger partial charge on any atom is -0.478 e. The molecular formula is C14H8O5. The molecule has 0 fully saturated rings. The quantitative estimate of drug-likeness (QED) is 0.835. The first-order valence-electron chi connectivity index (χ1n) is 5.50. The zero-order valence-electron chi connectivity index (χ0n) is 9.62. The van der Waals surface area contributed by atoms with Gasteiger partial charge in [0, 0.05) is 6.08 Å². The average molecular weight is 256 g/mol. The number of fused-ring (bicyclic) bond motifs is 1. The number of rotatable bonds is 2. The van der Waals surface area contributed by atoms with Gasteiger partial charge in [-0.25, -0.2) is 4.79 Å². The number of carboxylic acids is 1. The standard InChI is InChI=1S/C14H8O5/c15-13-10-6-8(14(16)17)3-4-11(10)19-12(13)7-9-2-1-5-18-9/h1-7H,(H,16,17)/b12-7+. The van der Waals surface area contributed by atoms with Crippen molar-refractivity contribution in [1.29, 1.82) is 0 Å². The van der Waals surface area contributed by atoms with Gasteiger partial charge in [0.15, 0.2) is 5.76 Å². The number of allylic oxidation sites excluding steroid dienone is 1. The van der Waals surface area contributed by atoms with Crippen LogP contribution >= 0.6 is 0 Å². The number of ether oxygens (including phenoxy) is 1. The first-order valence-corrected chi connectivity index (χ1v) is 5.50. The summed E-state index contributed by atoms with van der Waals surface area (Å²) in [7, 11) is 0. The van der Waals surface area contributed by atoms with Crippen LogP contribution < -0.4 is 4.74 Å². The van der Waals surface area contributed by atoms with Gasteiger partial charge in [0.1, 0.15) is 11.5 Å². The molecule has 2 aromatic rings. The highest BCUT2D eigenvalue weighted by Gasteiger charge is 2.28. The van der Waals surface area contributed by atoms with E-state index in [4.69, 9.17) is 14.3 Å². The second kappa shape index (κ2) is 4.13. The Morgan fingerprint density at radius 2 is 2.11 bits per heavy atom. The molecule has 0 spiro atoms. The summed E-state index contributed by atoms with van der Waals surface area (Å²) in [4.78, 5) is 22.9. The van der Waals surface area contributed by atoms with Gasteiger partial charge in [-0.05, 0) is 30.3 Å². The van der Waals surface area contributed by atoms with Crippen molar-refractivity contribution < 1.29 is 23.8 Å². The second-order valence-corrected chi connectivity index (χ2v) is 3.97. The van der Waals surface area contributed by atoms with E-state index in [1.807, 2.05) is 0 Å². The summed E-state index contributed by atoms with van der Waals surface area (Å²) in [6.45, 7) is 0. The SMILES string of the molecule is O=C(O)c1ccc2c(c1)C(=O)/C(=C\c1ccco1)O2. The van der Waals surface area contributed by atoms with Crippen molar-refractivity contribution >= 4 is 17.8 Å². The highest BCUT2D eigenvalue weighted by Crippen LogP contribution is 2.32. The molecular weight excluding hydrogens is 248 g/mol. The van der Waals surface area contributed by atoms with Gasteiger partial charge in [-0.3, -0.25) is 4.79 Å². The van der Waals surface area contributed by atoms with Crippen LogP contribution in [0.25, 0.3) is 6.08 Å². The van der Waals surface area contributed by atoms with E-state index >= 15 is 0 Å². The lowest BCUT2D eigenvalue weighted by atomic mass is 10.1. The van der Waals surface area contributed by atoms with E-state index < -0.39 is 5.97 Å². The Balaban J connectivity index is 2.00. The number of Topliss-reactive ketones (excluding diaryl/α,β-unsaturated/α-hetero) is 1. The zero-order chi connectivity index (χ0) is 13.4. The molecule has 0 saturated carbocycles. The van der Waals surface area contributed by atoms with Crippen LogP contribution in [-0.4, -0.2) is 16.9 Å². The fraction of sp³-hybridized carbons (Fsp3) is 0. The summed E-state index contributed by atoms with van der Waals surface area (Å²) in [5.74, 6) is -0.469. The number of hydrogen-bond acceptors (Lipinski definition) is 4. The van der Waals surface area contributed by atoms with Gasteiger partial charge in [0.2, 0.25) is 5.78 Å². The molecule has 1 aromatic carbocycles. The van der Waals surface area contributed by atoms with Crippen LogP contribution in [0, 0.1) is 0 Å². The van der Waals surface area contributed by atoms with E-state index in [-0.39, 0.29) is 22.7 Å². The fourth-order valence-corrected chi connectivity index (χ4v) is 1.82. The minimum absolute atomic E-state index is 0.0509. The zero-order valence-corrected chi connectivity index (χ0v) is 9.62. The van der Waals surface area contributed by atoms with E-state index in [0.29, 0.717) is 11.5 Å². The predicted octanol–water partition coefficient (Wildman–Crippen LogP) is 2.59. The summed E-state index contributed by atoms with van der Waals surface area (Å²) in [5.41, 5.74) is 0.299. The van der Waals surface area contributed by atoms with E-state index in [0.717, 1.165) is 0 Å². The molecule has 0 aliphatic carbocycles. The number of ketones is 1. The topological polar surface area (TPSA) is 76.7 Å². The van der Waals surface area contributed by atoms with Gasteiger partial charge in [-0.2, -0.15) is 0 Å². The van der Waals surface area contributed by atoms with Gasteiger partial charge in [-0.15, -0.1) is 0 Å². The van der Waals surface area contributed by atoms with Crippen LogP contribution in [0.5, 0.6) is 5.75 Å². The first-order chi connectivity index (χ1) is 9.15. The largest absolute Gasteiger partial charge is 0.478 e. The molecule has 1 aliphatic heterocycles. The highest BCUT2D eigenvalue weighted by atomic mass is 16.5. The molecule has 0 saturated heterocycles. The van der Waals surface area contributed by atoms with Crippen molar-refractivity contribution in [3.05, 3.63) is 59.2 Å². The van der Waals surface area contributed by atoms with Gasteiger partial charge >= 0.3 is 5.97 Å². The highest BCUT2D eigenvalue weighted by molar-refractivity contribution is 6.15. The molecule has 19 heavy (non-hydrogen) atoms. The number of furan rings is 1. The van der Waals surface area contributed by atoms with Crippen LogP contribution in [0.15, 0.2) is 46.8 Å². The third-order valence-corrected chi connectivity index (χ3v) is 2.73. The lowest BCUT2D eigenvalue weighted by molar-refractivity contribution is 0.0697. The number of carbonyl (C=O) groups excluding carboxylic acids is 1. The molecule has 0 radical (unpaired) electrons. The summed E-state index contributed by atoms with van der Waals surface area (Å²) in [6, 6.07) is 7.56. The average Bonchev–Trinajstić information content (AvgIpc) is 2.99. The molecule has 1 N–H and O–H groups in total. The van der Waals surface area contributed by atoms with Crippen molar-refractivity contribution in [3.8, 4) is 5.75 Å². The molecule has 94 valence electrons. The smallest absolute Gasteiger partial charge is 0.335 e. The number of carboxylic acid groups (broad SMARTS) is 1. The second-order valence-electron chi connectivity index (χ2n) is 3.97. The Kier molecular flexibility index (Phi) is 2.45. The molecule has 5 heteroatoms. The third kappa shape index (κ3) is 1.91. The first kappa shape index (κ1) is 11.3. The van der Waals surface area contributed by atoms with Gasteiger partial charge in [0.25, 0.3) is 0 Å². The van der Waals surface area contributed by atoms with Crippen LogP contribution in [0.4, 0.5) is 0 Å². The summed E-state index contributed by atoms with van der Waals surface area (Å²) < 4.78 is 10.5. The lowest BCUT2D eigenvalue weighted by Gasteiger charge is -1.97. The number of benzene rings is 1. The predicted molar refractivity (Wildman–Crippen MR) is 65.0 cm³/mol. The monoisotopic (exact) mass is 256 g/mol. The van der Waals surface area contributed by atoms with E-state index in [1.165, 1.54) is 30.5 Å². The molecule has 0 amide bonds.